The molecule has 0 aliphatic carbocycles. The summed E-state index contributed by atoms with van der Waals surface area (Å²) < 4.78 is 2.11. The van der Waals surface area contributed by atoms with E-state index in [1.54, 1.807) is 6.33 Å². The predicted octanol–water partition coefficient (Wildman–Crippen LogP) is 3.37. The highest BCUT2D eigenvalue weighted by molar-refractivity contribution is 5.92. The number of rotatable bonds is 5. The number of hydrogen-bond donors (Lipinski definition) is 1. The molecule has 5 nitrogen and oxygen atoms in total. The second-order valence-corrected chi connectivity index (χ2v) is 5.75. The number of hydrogen-bond acceptors (Lipinski definition) is 4. The number of nitrogens with zero attached hydrogens (tertiary/aromatic N) is 4. The summed E-state index contributed by atoms with van der Waals surface area (Å²) in [5.41, 5.74) is 3.36. The fourth-order valence-electron chi connectivity index (χ4n) is 2.66. The molecule has 114 valence electrons. The van der Waals surface area contributed by atoms with Gasteiger partial charge in [-0.15, -0.1) is 10.2 Å². The summed E-state index contributed by atoms with van der Waals surface area (Å²) in [6.07, 6.45) is 4.49. The van der Waals surface area contributed by atoms with Crippen molar-refractivity contribution in [3.8, 4) is 0 Å². The molecule has 0 atom stereocenters. The highest BCUT2D eigenvalue weighted by Gasteiger charge is 2.08. The van der Waals surface area contributed by atoms with Gasteiger partial charge in [-0.3, -0.25) is 4.98 Å². The van der Waals surface area contributed by atoms with Gasteiger partial charge in [-0.05, 0) is 32.4 Å². The molecule has 0 fully saturated rings. The lowest BCUT2D eigenvalue weighted by Crippen LogP contribution is -2.11. The molecule has 2 aromatic heterocycles. The van der Waals surface area contributed by atoms with E-state index in [0.29, 0.717) is 6.04 Å². The van der Waals surface area contributed by atoms with Crippen LogP contribution in [0.1, 0.15) is 31.3 Å². The fourth-order valence-corrected chi connectivity index (χ4v) is 2.66. The van der Waals surface area contributed by atoms with Crippen molar-refractivity contribution in [1.82, 2.24) is 19.7 Å². The molecule has 3 rings (SSSR count). The first kappa shape index (κ1) is 14.5. The Morgan fingerprint density at radius 1 is 1.23 bits per heavy atom. The van der Waals surface area contributed by atoms with Crippen LogP contribution in [-0.2, 0) is 6.42 Å². The molecule has 0 saturated heterocycles. The lowest BCUT2D eigenvalue weighted by atomic mass is 10.1. The number of benzene rings is 1. The maximum atomic E-state index is 4.47. The van der Waals surface area contributed by atoms with Gasteiger partial charge in [0.1, 0.15) is 12.2 Å². The quantitative estimate of drug-likeness (QED) is 0.784. The van der Waals surface area contributed by atoms with Crippen molar-refractivity contribution in [2.24, 2.45) is 0 Å². The lowest BCUT2D eigenvalue weighted by molar-refractivity contribution is 0.568. The van der Waals surface area contributed by atoms with E-state index in [2.05, 4.69) is 64.0 Å². The third-order valence-electron chi connectivity index (χ3n) is 3.84. The van der Waals surface area contributed by atoms with Crippen molar-refractivity contribution in [1.29, 1.82) is 0 Å². The Bertz CT molecular complexity index is 776. The average Bonchev–Trinajstić information content (AvgIpc) is 2.97. The highest BCUT2D eigenvalue weighted by Crippen LogP contribution is 2.23. The van der Waals surface area contributed by atoms with Gasteiger partial charge >= 0.3 is 0 Å². The number of pyridine rings is 1. The minimum atomic E-state index is 0.384. The van der Waals surface area contributed by atoms with Gasteiger partial charge in [-0.2, -0.15) is 0 Å². The van der Waals surface area contributed by atoms with E-state index < -0.39 is 0 Å². The Labute approximate surface area is 130 Å². The third-order valence-corrected chi connectivity index (χ3v) is 3.84. The van der Waals surface area contributed by atoms with Gasteiger partial charge in [0.15, 0.2) is 0 Å². The summed E-state index contributed by atoms with van der Waals surface area (Å²) >= 11 is 0. The van der Waals surface area contributed by atoms with Crippen molar-refractivity contribution >= 4 is 16.6 Å². The van der Waals surface area contributed by atoms with Crippen LogP contribution in [0.5, 0.6) is 0 Å². The van der Waals surface area contributed by atoms with Crippen LogP contribution < -0.4 is 5.32 Å². The summed E-state index contributed by atoms with van der Waals surface area (Å²) in [6, 6.07) is 8.67. The molecule has 0 aliphatic heterocycles. The second kappa shape index (κ2) is 6.13. The molecule has 3 aromatic rings. The van der Waals surface area contributed by atoms with E-state index in [4.69, 9.17) is 0 Å². The Morgan fingerprint density at radius 3 is 2.91 bits per heavy atom. The molecule has 0 bridgehead atoms. The summed E-state index contributed by atoms with van der Waals surface area (Å²) in [4.78, 5) is 4.47. The smallest absolute Gasteiger partial charge is 0.134 e. The molecule has 1 N–H and O–H groups in total. The van der Waals surface area contributed by atoms with Gasteiger partial charge < -0.3 is 9.88 Å². The first-order chi connectivity index (χ1) is 10.7. The Hall–Kier alpha value is -2.43. The Kier molecular flexibility index (Phi) is 4.04. The number of para-hydroxylation sites is 1. The predicted molar refractivity (Wildman–Crippen MR) is 89.1 cm³/mol. The number of nitrogens with one attached hydrogen (secondary N) is 1. The fraction of sp³-hybridized carbons (Fsp3) is 0.353. The van der Waals surface area contributed by atoms with E-state index in [0.717, 1.165) is 35.4 Å². The first-order valence-electron chi connectivity index (χ1n) is 7.63. The highest BCUT2D eigenvalue weighted by atomic mass is 15.3. The van der Waals surface area contributed by atoms with Crippen LogP contribution in [0.4, 0.5) is 5.69 Å². The van der Waals surface area contributed by atoms with Gasteiger partial charge in [0.2, 0.25) is 0 Å². The van der Waals surface area contributed by atoms with Crippen LogP contribution in [0.25, 0.3) is 10.9 Å². The molecule has 0 aliphatic rings. The Balaban J connectivity index is 1.75. The van der Waals surface area contributed by atoms with Crippen molar-refractivity contribution < 1.29 is 0 Å². The van der Waals surface area contributed by atoms with Crippen molar-refractivity contribution in [3.63, 3.8) is 0 Å². The summed E-state index contributed by atoms with van der Waals surface area (Å²) in [7, 11) is 0. The van der Waals surface area contributed by atoms with Gasteiger partial charge in [0.05, 0.1) is 5.52 Å². The van der Waals surface area contributed by atoms with Gasteiger partial charge in [-0.25, -0.2) is 0 Å². The molecular weight excluding hydrogens is 274 g/mol. The molecule has 0 unspecified atom stereocenters. The van der Waals surface area contributed by atoms with Crippen LogP contribution in [0, 0.1) is 6.92 Å². The minimum Gasteiger partial charge on any atom is -0.384 e. The average molecular weight is 295 g/mol. The van der Waals surface area contributed by atoms with Crippen molar-refractivity contribution in [2.75, 3.05) is 11.9 Å². The normalized spacial score (nSPS) is 11.3. The Morgan fingerprint density at radius 2 is 2.09 bits per heavy atom. The molecular formula is C17H21N5. The second-order valence-electron chi connectivity index (χ2n) is 5.75. The van der Waals surface area contributed by atoms with E-state index in [9.17, 15) is 0 Å². The van der Waals surface area contributed by atoms with E-state index in [1.807, 2.05) is 12.3 Å². The molecule has 0 amide bonds. The number of fused-ring (bicyclic) bond motifs is 1. The largest absolute Gasteiger partial charge is 0.384 e. The van der Waals surface area contributed by atoms with Crippen LogP contribution in [-0.4, -0.2) is 26.3 Å². The molecule has 2 heterocycles. The third kappa shape index (κ3) is 2.79. The van der Waals surface area contributed by atoms with Crippen molar-refractivity contribution in [3.05, 3.63) is 48.2 Å². The zero-order valence-corrected chi connectivity index (χ0v) is 13.2. The van der Waals surface area contributed by atoms with Crippen LogP contribution in [0.2, 0.25) is 0 Å². The van der Waals surface area contributed by atoms with E-state index in [-0.39, 0.29) is 0 Å². The summed E-state index contributed by atoms with van der Waals surface area (Å²) in [5, 5.41) is 12.9. The maximum Gasteiger partial charge on any atom is 0.134 e. The van der Waals surface area contributed by atoms with Crippen LogP contribution >= 0.6 is 0 Å². The standard InChI is InChI=1S/C17H21N5/c1-12(2)22-11-20-21-16(22)8-10-18-15-7-9-19-17-13(3)5-4-6-14(15)17/h4-7,9,11-12H,8,10H2,1-3H3,(H,18,19). The van der Waals surface area contributed by atoms with Gasteiger partial charge in [0.25, 0.3) is 0 Å². The van der Waals surface area contributed by atoms with Crippen LogP contribution in [0.15, 0.2) is 36.8 Å². The number of anilines is 1. The topological polar surface area (TPSA) is 55.6 Å². The van der Waals surface area contributed by atoms with Crippen LogP contribution in [0.3, 0.4) is 0 Å². The zero-order valence-electron chi connectivity index (χ0n) is 13.2. The lowest BCUT2D eigenvalue weighted by Gasteiger charge is -2.12. The monoisotopic (exact) mass is 295 g/mol. The van der Waals surface area contributed by atoms with Gasteiger partial charge in [0, 0.05) is 36.3 Å². The molecule has 22 heavy (non-hydrogen) atoms. The molecule has 1 aromatic carbocycles. The number of aromatic nitrogens is 4. The number of aryl methyl sites for hydroxylation is 1. The molecule has 0 saturated carbocycles. The van der Waals surface area contributed by atoms with Gasteiger partial charge in [-0.1, -0.05) is 18.2 Å². The summed E-state index contributed by atoms with van der Waals surface area (Å²) in [5.74, 6) is 1.01. The summed E-state index contributed by atoms with van der Waals surface area (Å²) in [6.45, 7) is 7.18. The van der Waals surface area contributed by atoms with E-state index >= 15 is 0 Å². The molecule has 0 radical (unpaired) electrons. The first-order valence-corrected chi connectivity index (χ1v) is 7.63. The van der Waals surface area contributed by atoms with Crippen molar-refractivity contribution in [2.45, 2.75) is 33.2 Å². The molecule has 0 spiro atoms. The van der Waals surface area contributed by atoms with E-state index in [1.165, 1.54) is 5.56 Å². The molecule has 5 heteroatoms. The minimum absolute atomic E-state index is 0.384. The zero-order chi connectivity index (χ0) is 15.5. The maximum absolute atomic E-state index is 4.47. The SMILES string of the molecule is Cc1cccc2c(NCCc3nncn3C(C)C)ccnc12.